The average molecular weight is 312 g/mol. The molecule has 90 valence electrons. The van der Waals surface area contributed by atoms with E-state index in [9.17, 15) is 0 Å². The van der Waals surface area contributed by atoms with Gasteiger partial charge in [-0.15, -0.1) is 0 Å². The second-order valence-corrected chi connectivity index (χ2v) is 5.34. The molecule has 2 aromatic rings. The van der Waals surface area contributed by atoms with Gasteiger partial charge in [-0.25, -0.2) is 0 Å². The minimum atomic E-state index is 0.629. The minimum absolute atomic E-state index is 0.629. The van der Waals surface area contributed by atoms with E-state index in [0.717, 1.165) is 16.8 Å². The number of nitrogens with one attached hydrogen (secondary N) is 1. The molecular formula is C13H14BrNOS. The molecule has 1 aromatic carbocycles. The van der Waals surface area contributed by atoms with E-state index < -0.39 is 0 Å². The van der Waals surface area contributed by atoms with Gasteiger partial charge >= 0.3 is 0 Å². The van der Waals surface area contributed by atoms with Crippen molar-refractivity contribution in [3.63, 3.8) is 0 Å². The van der Waals surface area contributed by atoms with E-state index in [1.165, 1.54) is 11.1 Å². The Balaban J connectivity index is 2.03. The molecule has 4 heteroatoms. The molecule has 0 amide bonds. The predicted molar refractivity (Wildman–Crippen MR) is 75.6 cm³/mol. The fourth-order valence-electron chi connectivity index (χ4n) is 1.51. The summed E-state index contributed by atoms with van der Waals surface area (Å²) in [6.45, 7) is 1.46. The maximum atomic E-state index is 5.75. The first-order valence-electron chi connectivity index (χ1n) is 5.36. The number of hydrogen-bond acceptors (Lipinski definition) is 3. The van der Waals surface area contributed by atoms with Gasteiger partial charge < -0.3 is 10.1 Å². The number of thiophene rings is 1. The van der Waals surface area contributed by atoms with Gasteiger partial charge in [0.25, 0.3) is 0 Å². The summed E-state index contributed by atoms with van der Waals surface area (Å²) < 4.78 is 6.86. The molecule has 0 unspecified atom stereocenters. The van der Waals surface area contributed by atoms with Crippen molar-refractivity contribution < 1.29 is 4.74 Å². The smallest absolute Gasteiger partial charge is 0.120 e. The van der Waals surface area contributed by atoms with Crippen LogP contribution in [0.5, 0.6) is 5.75 Å². The van der Waals surface area contributed by atoms with Crippen LogP contribution in [0.25, 0.3) is 0 Å². The topological polar surface area (TPSA) is 21.3 Å². The Bertz CT molecular complexity index is 470. The van der Waals surface area contributed by atoms with E-state index in [1.807, 2.05) is 19.2 Å². The molecule has 0 radical (unpaired) electrons. The van der Waals surface area contributed by atoms with Crippen molar-refractivity contribution in [2.24, 2.45) is 0 Å². The third-order valence-corrected chi connectivity index (χ3v) is 3.88. The van der Waals surface area contributed by atoms with Gasteiger partial charge in [-0.2, -0.15) is 11.3 Å². The Hall–Kier alpha value is -0.840. The van der Waals surface area contributed by atoms with E-state index in [-0.39, 0.29) is 0 Å². The molecule has 17 heavy (non-hydrogen) atoms. The summed E-state index contributed by atoms with van der Waals surface area (Å²) in [5.74, 6) is 0.907. The summed E-state index contributed by atoms with van der Waals surface area (Å²) >= 11 is 5.22. The predicted octanol–water partition coefficient (Wildman–Crippen LogP) is 3.81. The molecule has 2 rings (SSSR count). The van der Waals surface area contributed by atoms with E-state index >= 15 is 0 Å². The lowest BCUT2D eigenvalue weighted by molar-refractivity contribution is 0.306. The van der Waals surface area contributed by atoms with Gasteiger partial charge in [-0.05, 0) is 53.2 Å². The van der Waals surface area contributed by atoms with E-state index in [0.29, 0.717) is 6.61 Å². The molecule has 1 heterocycles. The highest BCUT2D eigenvalue weighted by Gasteiger charge is 2.02. The Morgan fingerprint density at radius 3 is 2.94 bits per heavy atom. The number of benzene rings is 1. The lowest BCUT2D eigenvalue weighted by Crippen LogP contribution is -2.06. The van der Waals surface area contributed by atoms with Crippen LogP contribution in [-0.4, -0.2) is 7.05 Å². The summed E-state index contributed by atoms with van der Waals surface area (Å²) in [5.41, 5.74) is 2.42. The lowest BCUT2D eigenvalue weighted by Gasteiger charge is -2.09. The van der Waals surface area contributed by atoms with Crippen molar-refractivity contribution in [1.82, 2.24) is 5.32 Å². The number of ether oxygens (including phenoxy) is 1. The minimum Gasteiger partial charge on any atom is -0.489 e. The maximum absolute atomic E-state index is 5.75. The number of halogens is 1. The Morgan fingerprint density at radius 2 is 2.24 bits per heavy atom. The van der Waals surface area contributed by atoms with Gasteiger partial charge in [-0.1, -0.05) is 15.9 Å². The van der Waals surface area contributed by atoms with E-state index in [2.05, 4.69) is 44.1 Å². The zero-order valence-electron chi connectivity index (χ0n) is 9.57. The van der Waals surface area contributed by atoms with Crippen LogP contribution in [0.15, 0.2) is 39.5 Å². The highest BCUT2D eigenvalue weighted by Crippen LogP contribution is 2.23. The summed E-state index contributed by atoms with van der Waals surface area (Å²) in [6.07, 6.45) is 0. The first-order chi connectivity index (χ1) is 8.29. The highest BCUT2D eigenvalue weighted by molar-refractivity contribution is 9.10. The largest absolute Gasteiger partial charge is 0.489 e. The van der Waals surface area contributed by atoms with Gasteiger partial charge in [0.15, 0.2) is 0 Å². The molecule has 0 spiro atoms. The van der Waals surface area contributed by atoms with Crippen molar-refractivity contribution in [2.45, 2.75) is 13.2 Å². The van der Waals surface area contributed by atoms with Crippen LogP contribution in [0.1, 0.15) is 11.1 Å². The first kappa shape index (κ1) is 12.6. The molecular weight excluding hydrogens is 298 g/mol. The zero-order chi connectivity index (χ0) is 12.1. The SMILES string of the molecule is CNCc1cc(OCc2ccsc2)ccc1Br. The van der Waals surface area contributed by atoms with Gasteiger partial charge in [0.2, 0.25) is 0 Å². The standard InChI is InChI=1S/C13H14BrNOS/c1-15-7-11-6-12(2-3-13(11)14)16-8-10-4-5-17-9-10/h2-6,9,15H,7-8H2,1H3. The van der Waals surface area contributed by atoms with Crippen LogP contribution < -0.4 is 10.1 Å². The lowest BCUT2D eigenvalue weighted by atomic mass is 10.2. The van der Waals surface area contributed by atoms with E-state index in [1.54, 1.807) is 11.3 Å². The molecule has 0 aliphatic rings. The van der Waals surface area contributed by atoms with Crippen molar-refractivity contribution in [1.29, 1.82) is 0 Å². The summed E-state index contributed by atoms with van der Waals surface area (Å²) in [6, 6.07) is 8.15. The van der Waals surface area contributed by atoms with Crippen LogP contribution in [0.4, 0.5) is 0 Å². The second kappa shape index (κ2) is 6.19. The van der Waals surface area contributed by atoms with Gasteiger partial charge in [-0.3, -0.25) is 0 Å². The third-order valence-electron chi connectivity index (χ3n) is 2.37. The Kier molecular flexibility index (Phi) is 4.59. The van der Waals surface area contributed by atoms with Crippen LogP contribution in [0.3, 0.4) is 0 Å². The second-order valence-electron chi connectivity index (χ2n) is 3.70. The molecule has 0 fully saturated rings. The molecule has 0 atom stereocenters. The molecule has 0 aliphatic heterocycles. The van der Waals surface area contributed by atoms with Crippen molar-refractivity contribution >= 4 is 27.3 Å². The van der Waals surface area contributed by atoms with Crippen LogP contribution >= 0.6 is 27.3 Å². The normalized spacial score (nSPS) is 10.5. The summed E-state index contributed by atoms with van der Waals surface area (Å²) in [7, 11) is 1.94. The molecule has 2 nitrogen and oxygen atoms in total. The third kappa shape index (κ3) is 3.56. The van der Waals surface area contributed by atoms with Crippen molar-refractivity contribution in [3.8, 4) is 5.75 Å². The summed E-state index contributed by atoms with van der Waals surface area (Å²) in [5, 5.41) is 7.30. The van der Waals surface area contributed by atoms with Crippen molar-refractivity contribution in [3.05, 3.63) is 50.6 Å². The quantitative estimate of drug-likeness (QED) is 0.906. The highest BCUT2D eigenvalue weighted by atomic mass is 79.9. The molecule has 0 saturated heterocycles. The molecule has 0 bridgehead atoms. The number of hydrogen-bond donors (Lipinski definition) is 1. The fourth-order valence-corrected chi connectivity index (χ4v) is 2.55. The molecule has 0 aliphatic carbocycles. The Morgan fingerprint density at radius 1 is 1.35 bits per heavy atom. The van der Waals surface area contributed by atoms with Gasteiger partial charge in [0, 0.05) is 11.0 Å². The van der Waals surface area contributed by atoms with E-state index in [4.69, 9.17) is 4.74 Å². The van der Waals surface area contributed by atoms with Gasteiger partial charge in [0.1, 0.15) is 12.4 Å². The van der Waals surface area contributed by atoms with Crippen LogP contribution in [0.2, 0.25) is 0 Å². The molecule has 0 saturated carbocycles. The summed E-state index contributed by atoms with van der Waals surface area (Å²) in [4.78, 5) is 0. The zero-order valence-corrected chi connectivity index (χ0v) is 12.0. The van der Waals surface area contributed by atoms with Gasteiger partial charge in [0.05, 0.1) is 0 Å². The average Bonchev–Trinajstić information content (AvgIpc) is 2.83. The van der Waals surface area contributed by atoms with Crippen LogP contribution in [-0.2, 0) is 13.2 Å². The van der Waals surface area contributed by atoms with Crippen molar-refractivity contribution in [2.75, 3.05) is 7.05 Å². The number of rotatable bonds is 5. The Labute approximate surface area is 114 Å². The molecule has 1 N–H and O–H groups in total. The first-order valence-corrected chi connectivity index (χ1v) is 7.10. The fraction of sp³-hybridized carbons (Fsp3) is 0.231. The monoisotopic (exact) mass is 311 g/mol. The van der Waals surface area contributed by atoms with Crippen LogP contribution in [0, 0.1) is 0 Å². The maximum Gasteiger partial charge on any atom is 0.120 e. The molecule has 1 aromatic heterocycles.